The SMILES string of the molecule is COC(=O)C/C(=C/CCOCc1ccccc1)C1CCCC1=O. The minimum absolute atomic E-state index is 0.108. The summed E-state index contributed by atoms with van der Waals surface area (Å²) >= 11 is 0. The standard InChI is InChI=1S/C19H24O4/c1-22-19(21)13-16(17-10-5-11-18(17)20)9-6-12-23-14-15-7-3-2-4-8-15/h2-4,7-9,17H,5-6,10-14H2,1H3/b16-9-. The van der Waals surface area contributed by atoms with Crippen molar-refractivity contribution in [1.29, 1.82) is 0 Å². The number of hydrogen-bond acceptors (Lipinski definition) is 4. The average molecular weight is 316 g/mol. The van der Waals surface area contributed by atoms with Crippen molar-refractivity contribution in [2.24, 2.45) is 5.92 Å². The summed E-state index contributed by atoms with van der Waals surface area (Å²) in [6, 6.07) is 9.99. The molecule has 1 saturated carbocycles. The van der Waals surface area contributed by atoms with Crippen LogP contribution >= 0.6 is 0 Å². The molecule has 1 fully saturated rings. The number of carbonyl (C=O) groups is 2. The Balaban J connectivity index is 1.84. The fraction of sp³-hybridized carbons (Fsp3) is 0.474. The Hall–Kier alpha value is -1.94. The molecule has 1 aromatic carbocycles. The van der Waals surface area contributed by atoms with Crippen molar-refractivity contribution >= 4 is 11.8 Å². The van der Waals surface area contributed by atoms with Crippen molar-refractivity contribution in [2.45, 2.75) is 38.7 Å². The zero-order valence-corrected chi connectivity index (χ0v) is 13.6. The maximum atomic E-state index is 11.9. The molecule has 0 amide bonds. The van der Waals surface area contributed by atoms with Gasteiger partial charge in [-0.05, 0) is 24.8 Å². The summed E-state index contributed by atoms with van der Waals surface area (Å²) in [6.07, 6.45) is 5.25. The fourth-order valence-electron chi connectivity index (χ4n) is 2.88. The van der Waals surface area contributed by atoms with Crippen LogP contribution in [0.4, 0.5) is 0 Å². The number of ether oxygens (including phenoxy) is 2. The van der Waals surface area contributed by atoms with Crippen LogP contribution in [0.15, 0.2) is 42.0 Å². The molecule has 1 aromatic rings. The van der Waals surface area contributed by atoms with Crippen LogP contribution in [-0.2, 0) is 25.7 Å². The van der Waals surface area contributed by atoms with Crippen molar-refractivity contribution in [1.82, 2.24) is 0 Å². The van der Waals surface area contributed by atoms with Crippen LogP contribution in [0.3, 0.4) is 0 Å². The van der Waals surface area contributed by atoms with Crippen molar-refractivity contribution in [3.05, 3.63) is 47.5 Å². The predicted molar refractivity (Wildman–Crippen MR) is 87.8 cm³/mol. The van der Waals surface area contributed by atoms with Crippen molar-refractivity contribution in [3.63, 3.8) is 0 Å². The first-order valence-corrected chi connectivity index (χ1v) is 8.11. The summed E-state index contributed by atoms with van der Waals surface area (Å²) < 4.78 is 10.4. The molecular weight excluding hydrogens is 292 g/mol. The molecule has 0 heterocycles. The molecule has 4 heteroatoms. The Labute approximate surface area is 137 Å². The lowest BCUT2D eigenvalue weighted by Crippen LogP contribution is -2.14. The van der Waals surface area contributed by atoms with Crippen LogP contribution in [-0.4, -0.2) is 25.5 Å². The molecule has 1 aliphatic rings. The van der Waals surface area contributed by atoms with E-state index in [0.29, 0.717) is 26.1 Å². The van der Waals surface area contributed by atoms with Crippen LogP contribution in [0, 0.1) is 5.92 Å². The molecule has 23 heavy (non-hydrogen) atoms. The van der Waals surface area contributed by atoms with Crippen LogP contribution in [0.2, 0.25) is 0 Å². The van der Waals surface area contributed by atoms with Crippen LogP contribution in [0.25, 0.3) is 0 Å². The topological polar surface area (TPSA) is 52.6 Å². The molecule has 0 bridgehead atoms. The predicted octanol–water partition coefficient (Wildman–Crippen LogP) is 3.45. The second-order valence-corrected chi connectivity index (χ2v) is 5.77. The highest BCUT2D eigenvalue weighted by Crippen LogP contribution is 2.30. The summed E-state index contributed by atoms with van der Waals surface area (Å²) in [5.41, 5.74) is 2.03. The Morgan fingerprint density at radius 3 is 2.74 bits per heavy atom. The van der Waals surface area contributed by atoms with Gasteiger partial charge in [0.2, 0.25) is 0 Å². The third-order valence-electron chi connectivity index (χ3n) is 4.11. The smallest absolute Gasteiger partial charge is 0.309 e. The maximum absolute atomic E-state index is 11.9. The van der Waals surface area contributed by atoms with E-state index in [1.807, 2.05) is 36.4 Å². The molecule has 2 rings (SSSR count). The molecule has 4 nitrogen and oxygen atoms in total. The normalized spacial score (nSPS) is 18.2. The average Bonchev–Trinajstić information content (AvgIpc) is 3.00. The molecule has 0 aliphatic heterocycles. The molecule has 124 valence electrons. The Morgan fingerprint density at radius 1 is 1.30 bits per heavy atom. The summed E-state index contributed by atoms with van der Waals surface area (Å²) in [6.45, 7) is 1.14. The van der Waals surface area contributed by atoms with Gasteiger partial charge in [-0.1, -0.05) is 42.0 Å². The number of esters is 1. The molecule has 1 aliphatic carbocycles. The lowest BCUT2D eigenvalue weighted by Gasteiger charge is -2.13. The van der Waals surface area contributed by atoms with Gasteiger partial charge in [0.25, 0.3) is 0 Å². The van der Waals surface area contributed by atoms with Crippen LogP contribution < -0.4 is 0 Å². The first-order valence-electron chi connectivity index (χ1n) is 8.11. The summed E-state index contributed by atoms with van der Waals surface area (Å²) in [5.74, 6) is -0.158. The number of Topliss-reactive ketones (excluding diaryl/α,β-unsaturated/α-hetero) is 1. The largest absolute Gasteiger partial charge is 0.469 e. The molecule has 1 atom stereocenters. The van der Waals surface area contributed by atoms with Gasteiger partial charge in [-0.15, -0.1) is 0 Å². The second kappa shape index (κ2) is 9.26. The third-order valence-corrected chi connectivity index (χ3v) is 4.11. The molecule has 0 aromatic heterocycles. The first kappa shape index (κ1) is 17.4. The highest BCUT2D eigenvalue weighted by molar-refractivity contribution is 5.87. The zero-order chi connectivity index (χ0) is 16.5. The van der Waals surface area contributed by atoms with E-state index in [1.165, 1.54) is 7.11 Å². The number of ketones is 1. The monoisotopic (exact) mass is 316 g/mol. The zero-order valence-electron chi connectivity index (χ0n) is 13.6. The van der Waals surface area contributed by atoms with Gasteiger partial charge in [-0.3, -0.25) is 9.59 Å². The van der Waals surface area contributed by atoms with Crippen LogP contribution in [0.5, 0.6) is 0 Å². The van der Waals surface area contributed by atoms with Crippen LogP contribution in [0.1, 0.15) is 37.7 Å². The summed E-state index contributed by atoms with van der Waals surface area (Å²) in [4.78, 5) is 23.5. The third kappa shape index (κ3) is 5.64. The molecular formula is C19H24O4. The first-order chi connectivity index (χ1) is 11.2. The van der Waals surface area contributed by atoms with Gasteiger partial charge in [0.15, 0.2) is 0 Å². The highest BCUT2D eigenvalue weighted by atomic mass is 16.5. The van der Waals surface area contributed by atoms with Crippen molar-refractivity contribution < 1.29 is 19.1 Å². The fourth-order valence-corrected chi connectivity index (χ4v) is 2.88. The van der Waals surface area contributed by atoms with E-state index in [2.05, 4.69) is 0 Å². The van der Waals surface area contributed by atoms with E-state index in [1.54, 1.807) is 0 Å². The van der Waals surface area contributed by atoms with Gasteiger partial charge in [0.05, 0.1) is 26.7 Å². The minimum atomic E-state index is -0.291. The number of carbonyl (C=O) groups excluding carboxylic acids is 2. The Kier molecular flexibility index (Phi) is 7.01. The van der Waals surface area contributed by atoms with Gasteiger partial charge in [-0.25, -0.2) is 0 Å². The minimum Gasteiger partial charge on any atom is -0.469 e. The van der Waals surface area contributed by atoms with Gasteiger partial charge in [0, 0.05) is 12.3 Å². The molecule has 0 N–H and O–H groups in total. The van der Waals surface area contributed by atoms with E-state index in [0.717, 1.165) is 24.0 Å². The second-order valence-electron chi connectivity index (χ2n) is 5.77. The van der Waals surface area contributed by atoms with E-state index >= 15 is 0 Å². The van der Waals surface area contributed by atoms with Crippen molar-refractivity contribution in [3.8, 4) is 0 Å². The number of benzene rings is 1. The Morgan fingerprint density at radius 2 is 2.09 bits per heavy atom. The Bertz CT molecular complexity index is 548. The van der Waals surface area contributed by atoms with Gasteiger partial charge >= 0.3 is 5.97 Å². The summed E-state index contributed by atoms with van der Waals surface area (Å²) in [7, 11) is 1.37. The lowest BCUT2D eigenvalue weighted by molar-refractivity contribution is -0.139. The molecule has 1 unspecified atom stereocenters. The van der Waals surface area contributed by atoms with E-state index in [9.17, 15) is 9.59 Å². The van der Waals surface area contributed by atoms with Gasteiger partial charge in [-0.2, -0.15) is 0 Å². The maximum Gasteiger partial charge on any atom is 0.309 e. The van der Waals surface area contributed by atoms with Gasteiger partial charge < -0.3 is 9.47 Å². The number of hydrogen-bond donors (Lipinski definition) is 0. The lowest BCUT2D eigenvalue weighted by atomic mass is 9.93. The van der Waals surface area contributed by atoms with Gasteiger partial charge in [0.1, 0.15) is 5.78 Å². The molecule has 0 radical (unpaired) electrons. The van der Waals surface area contributed by atoms with E-state index in [-0.39, 0.29) is 24.1 Å². The quantitative estimate of drug-likeness (QED) is 0.419. The van der Waals surface area contributed by atoms with E-state index in [4.69, 9.17) is 9.47 Å². The molecule has 0 spiro atoms. The van der Waals surface area contributed by atoms with Crippen molar-refractivity contribution in [2.75, 3.05) is 13.7 Å². The number of methoxy groups -OCH3 is 1. The molecule has 0 saturated heterocycles. The summed E-state index contributed by atoms with van der Waals surface area (Å²) in [5, 5.41) is 0. The number of rotatable bonds is 8. The van der Waals surface area contributed by atoms with E-state index < -0.39 is 0 Å². The highest BCUT2D eigenvalue weighted by Gasteiger charge is 2.28.